The van der Waals surface area contributed by atoms with Gasteiger partial charge >= 0.3 is 0 Å². The summed E-state index contributed by atoms with van der Waals surface area (Å²) in [5.74, 6) is 1.60. The second-order valence-corrected chi connectivity index (χ2v) is 7.60. The minimum Gasteiger partial charge on any atom is -0.354 e. The predicted molar refractivity (Wildman–Crippen MR) is 103 cm³/mol. The number of aliphatic imine (C=N–C) groups is 1. The molecule has 2 aromatic rings. The molecule has 0 fully saturated rings. The first-order valence-electron chi connectivity index (χ1n) is 8.79. The molecule has 1 aromatic carbocycles. The Hall–Kier alpha value is -2.37. The summed E-state index contributed by atoms with van der Waals surface area (Å²) in [6, 6.07) is 8.61. The number of nitrogens with zero attached hydrogens (tertiary/aromatic N) is 3. The van der Waals surface area contributed by atoms with E-state index in [9.17, 15) is 0 Å². The molecule has 0 aliphatic carbocycles. The molecule has 6 heteroatoms. The average Bonchev–Trinajstić information content (AvgIpc) is 3.11. The number of aromatic amines is 1. The molecule has 0 amide bonds. The number of benzene rings is 1. The fraction of sp³-hybridized carbons (Fsp3) is 0.526. The minimum atomic E-state index is 0.355. The van der Waals surface area contributed by atoms with Gasteiger partial charge in [0, 0.05) is 25.2 Å². The van der Waals surface area contributed by atoms with Gasteiger partial charge in [0.05, 0.1) is 0 Å². The molecule has 6 nitrogen and oxygen atoms in total. The maximum Gasteiger partial charge on any atom is 0.191 e. The highest BCUT2D eigenvalue weighted by atomic mass is 15.2. The summed E-state index contributed by atoms with van der Waals surface area (Å²) in [6.07, 6.45) is 3.81. The average molecular weight is 342 g/mol. The highest BCUT2D eigenvalue weighted by Crippen LogP contribution is 2.21. The van der Waals surface area contributed by atoms with Crippen molar-refractivity contribution < 1.29 is 0 Å². The van der Waals surface area contributed by atoms with Gasteiger partial charge in [-0.2, -0.15) is 5.10 Å². The molecule has 0 saturated heterocycles. The van der Waals surface area contributed by atoms with E-state index in [0.717, 1.165) is 23.8 Å². The van der Waals surface area contributed by atoms with Crippen molar-refractivity contribution in [1.29, 1.82) is 0 Å². The van der Waals surface area contributed by atoms with Gasteiger partial charge in [-0.05, 0) is 36.8 Å². The Balaban J connectivity index is 1.87. The number of nitrogens with one attached hydrogen (secondary N) is 3. The van der Waals surface area contributed by atoms with Crippen molar-refractivity contribution in [2.24, 2.45) is 10.4 Å². The van der Waals surface area contributed by atoms with Crippen LogP contribution in [0.4, 0.5) is 0 Å². The molecule has 136 valence electrons. The third-order valence-corrected chi connectivity index (χ3v) is 4.01. The molecule has 1 heterocycles. The Morgan fingerprint density at radius 3 is 2.76 bits per heavy atom. The van der Waals surface area contributed by atoms with Gasteiger partial charge in [0.2, 0.25) is 0 Å². The minimum absolute atomic E-state index is 0.355. The highest BCUT2D eigenvalue weighted by Gasteiger charge is 2.13. The van der Waals surface area contributed by atoms with Crippen LogP contribution in [0.3, 0.4) is 0 Å². The molecular weight excluding hydrogens is 312 g/mol. The smallest absolute Gasteiger partial charge is 0.191 e. The van der Waals surface area contributed by atoms with Crippen molar-refractivity contribution in [2.45, 2.75) is 53.1 Å². The van der Waals surface area contributed by atoms with Gasteiger partial charge in [0.15, 0.2) is 11.8 Å². The van der Waals surface area contributed by atoms with Crippen LogP contribution < -0.4 is 10.6 Å². The van der Waals surface area contributed by atoms with Crippen LogP contribution in [-0.2, 0) is 6.54 Å². The van der Waals surface area contributed by atoms with Crippen molar-refractivity contribution in [2.75, 3.05) is 7.05 Å². The maximum absolute atomic E-state index is 4.33. The fourth-order valence-electron chi connectivity index (χ4n) is 2.51. The molecule has 25 heavy (non-hydrogen) atoms. The first-order valence-corrected chi connectivity index (χ1v) is 8.79. The summed E-state index contributed by atoms with van der Waals surface area (Å²) < 4.78 is 0. The van der Waals surface area contributed by atoms with Gasteiger partial charge in [0.1, 0.15) is 6.33 Å². The number of rotatable bonds is 6. The van der Waals surface area contributed by atoms with Crippen molar-refractivity contribution >= 4 is 5.96 Å². The lowest BCUT2D eigenvalue weighted by Gasteiger charge is -2.23. The number of hydrogen-bond acceptors (Lipinski definition) is 3. The number of H-pyrrole nitrogens is 1. The molecule has 0 aliphatic rings. The highest BCUT2D eigenvalue weighted by molar-refractivity contribution is 5.79. The zero-order valence-corrected chi connectivity index (χ0v) is 15.9. The van der Waals surface area contributed by atoms with E-state index in [1.807, 2.05) is 12.1 Å². The second kappa shape index (κ2) is 8.65. The molecule has 2 rings (SSSR count). The van der Waals surface area contributed by atoms with Gasteiger partial charge < -0.3 is 10.6 Å². The van der Waals surface area contributed by atoms with Crippen LogP contribution in [0.25, 0.3) is 11.4 Å². The molecule has 1 atom stereocenters. The van der Waals surface area contributed by atoms with Crippen LogP contribution in [0.1, 0.15) is 46.1 Å². The van der Waals surface area contributed by atoms with Gasteiger partial charge in [-0.3, -0.25) is 10.1 Å². The predicted octanol–water partition coefficient (Wildman–Crippen LogP) is 3.35. The Kier molecular flexibility index (Phi) is 6.56. The summed E-state index contributed by atoms with van der Waals surface area (Å²) >= 11 is 0. The first kappa shape index (κ1) is 19.0. The third-order valence-electron chi connectivity index (χ3n) is 4.01. The Bertz CT molecular complexity index is 669. The molecule has 1 aromatic heterocycles. The van der Waals surface area contributed by atoms with Gasteiger partial charge in [-0.25, -0.2) is 4.98 Å². The lowest BCUT2D eigenvalue weighted by atomic mass is 9.89. The van der Waals surface area contributed by atoms with Crippen LogP contribution in [0.15, 0.2) is 35.6 Å². The number of aromatic nitrogens is 3. The quantitative estimate of drug-likeness (QED) is 0.556. The Labute approximate surface area is 150 Å². The SMILES string of the molecule is CN=C(NCc1cccc(-c2ncn[nH]2)c1)NC(C)CCC(C)(C)C. The maximum atomic E-state index is 4.33. The van der Waals surface area contributed by atoms with Gasteiger partial charge in [-0.15, -0.1) is 0 Å². The van der Waals surface area contributed by atoms with Crippen LogP contribution in [0, 0.1) is 5.41 Å². The molecule has 3 N–H and O–H groups in total. The van der Waals surface area contributed by atoms with Crippen LogP contribution in [0.2, 0.25) is 0 Å². The summed E-state index contributed by atoms with van der Waals surface area (Å²) in [4.78, 5) is 8.52. The van der Waals surface area contributed by atoms with E-state index >= 15 is 0 Å². The van der Waals surface area contributed by atoms with Gasteiger partial charge in [-0.1, -0.05) is 39.0 Å². The van der Waals surface area contributed by atoms with E-state index in [1.54, 1.807) is 7.05 Å². The van der Waals surface area contributed by atoms with Crippen LogP contribution >= 0.6 is 0 Å². The Morgan fingerprint density at radius 2 is 2.12 bits per heavy atom. The zero-order valence-electron chi connectivity index (χ0n) is 15.9. The monoisotopic (exact) mass is 342 g/mol. The lowest BCUT2D eigenvalue weighted by molar-refractivity contribution is 0.346. The summed E-state index contributed by atoms with van der Waals surface area (Å²) in [6.45, 7) is 9.72. The van der Waals surface area contributed by atoms with E-state index in [-0.39, 0.29) is 0 Å². The standard InChI is InChI=1S/C19H30N6/c1-14(9-10-19(2,3)4)24-18(20-5)21-12-15-7-6-8-16(11-15)17-22-13-23-25-17/h6-8,11,13-14H,9-10,12H2,1-5H3,(H2,20,21,24)(H,22,23,25). The molecule has 1 unspecified atom stereocenters. The van der Waals surface area contributed by atoms with E-state index in [4.69, 9.17) is 0 Å². The third kappa shape index (κ3) is 6.57. The second-order valence-electron chi connectivity index (χ2n) is 7.60. The van der Waals surface area contributed by atoms with Crippen LogP contribution in [0.5, 0.6) is 0 Å². The number of guanidine groups is 1. The van der Waals surface area contributed by atoms with Crippen molar-refractivity contribution in [3.63, 3.8) is 0 Å². The van der Waals surface area contributed by atoms with E-state index in [2.05, 4.69) is 70.6 Å². The van der Waals surface area contributed by atoms with Gasteiger partial charge in [0.25, 0.3) is 0 Å². The summed E-state index contributed by atoms with van der Waals surface area (Å²) in [5, 5.41) is 13.6. The van der Waals surface area contributed by atoms with E-state index < -0.39 is 0 Å². The van der Waals surface area contributed by atoms with Crippen LogP contribution in [-0.4, -0.2) is 34.2 Å². The summed E-state index contributed by atoms with van der Waals surface area (Å²) in [7, 11) is 1.80. The van der Waals surface area contributed by atoms with Crippen molar-refractivity contribution in [3.8, 4) is 11.4 Å². The lowest BCUT2D eigenvalue weighted by Crippen LogP contribution is -2.42. The molecule has 0 aliphatic heterocycles. The molecule has 0 radical (unpaired) electrons. The first-order chi connectivity index (χ1) is 11.9. The molecule has 0 saturated carbocycles. The Morgan fingerprint density at radius 1 is 1.32 bits per heavy atom. The molecule has 0 spiro atoms. The normalized spacial score (nSPS) is 13.6. The largest absolute Gasteiger partial charge is 0.354 e. The molecular formula is C19H30N6. The zero-order chi connectivity index (χ0) is 18.3. The summed E-state index contributed by atoms with van der Waals surface area (Å²) in [5.41, 5.74) is 2.55. The molecule has 0 bridgehead atoms. The topological polar surface area (TPSA) is 78.0 Å². The van der Waals surface area contributed by atoms with Crippen molar-refractivity contribution in [1.82, 2.24) is 25.8 Å². The fourth-order valence-corrected chi connectivity index (χ4v) is 2.51. The van der Waals surface area contributed by atoms with E-state index in [0.29, 0.717) is 18.0 Å². The number of hydrogen-bond donors (Lipinski definition) is 3. The van der Waals surface area contributed by atoms with E-state index in [1.165, 1.54) is 18.3 Å². The van der Waals surface area contributed by atoms with Crippen molar-refractivity contribution in [3.05, 3.63) is 36.2 Å².